The smallest absolute Gasteiger partial charge is 0.335 e. The predicted molar refractivity (Wildman–Crippen MR) is 99.7 cm³/mol. The Bertz CT molecular complexity index is 1120. The molecule has 2 heterocycles. The van der Waals surface area contributed by atoms with E-state index in [-0.39, 0.29) is 17.5 Å². The molecule has 3 aromatic rings. The second kappa shape index (κ2) is 6.77. The summed E-state index contributed by atoms with van der Waals surface area (Å²) in [6.07, 6.45) is 0.890. The lowest BCUT2D eigenvalue weighted by atomic mass is 9.90. The number of quaternary nitrogens is 1. The van der Waals surface area contributed by atoms with E-state index in [9.17, 15) is 14.7 Å². The van der Waals surface area contributed by atoms with Gasteiger partial charge >= 0.3 is 5.69 Å². The molecule has 0 saturated carbocycles. The van der Waals surface area contributed by atoms with Crippen molar-refractivity contribution in [1.29, 1.82) is 0 Å². The molecular weight excluding hydrogens is 346 g/mol. The summed E-state index contributed by atoms with van der Waals surface area (Å²) in [6, 6.07) is 14.2. The highest BCUT2D eigenvalue weighted by molar-refractivity contribution is 5.45. The molecule has 138 valence electrons. The Labute approximate surface area is 154 Å². The molecule has 1 aromatic heterocycles. The van der Waals surface area contributed by atoms with Gasteiger partial charge < -0.3 is 15.2 Å². The second-order valence-corrected chi connectivity index (χ2v) is 6.48. The molecule has 0 spiro atoms. The molecular formula is C20H20N3O4+. The number of ether oxygens (including phenoxy) is 1. The Morgan fingerprint density at radius 2 is 2.00 bits per heavy atom. The van der Waals surface area contributed by atoms with E-state index in [0.717, 1.165) is 28.7 Å². The maximum atomic E-state index is 12.6. The number of aromatic amines is 1. The van der Waals surface area contributed by atoms with Gasteiger partial charge in [0.25, 0.3) is 5.56 Å². The number of hydrogen-bond donors (Lipinski definition) is 3. The predicted octanol–water partition coefficient (Wildman–Crippen LogP) is 0.449. The van der Waals surface area contributed by atoms with Gasteiger partial charge in [-0.1, -0.05) is 30.3 Å². The molecule has 0 amide bonds. The lowest BCUT2D eigenvalue weighted by Gasteiger charge is -2.24. The van der Waals surface area contributed by atoms with Crippen LogP contribution in [0.4, 0.5) is 0 Å². The Morgan fingerprint density at radius 1 is 1.19 bits per heavy atom. The Hall–Kier alpha value is -3.32. The molecule has 4 N–H and O–H groups in total. The normalized spacial score (nSPS) is 16.0. The van der Waals surface area contributed by atoms with Crippen molar-refractivity contribution < 1.29 is 15.2 Å². The highest BCUT2D eigenvalue weighted by atomic mass is 16.5. The molecule has 0 radical (unpaired) electrons. The minimum atomic E-state index is -0.696. The van der Waals surface area contributed by atoms with Gasteiger partial charge in [0.15, 0.2) is 0 Å². The van der Waals surface area contributed by atoms with Crippen LogP contribution < -0.4 is 21.3 Å². The van der Waals surface area contributed by atoms with Crippen molar-refractivity contribution in [3.8, 4) is 17.3 Å². The molecule has 0 fully saturated rings. The van der Waals surface area contributed by atoms with Crippen molar-refractivity contribution in [2.24, 2.45) is 0 Å². The van der Waals surface area contributed by atoms with Gasteiger partial charge in [-0.3, -0.25) is 9.78 Å². The molecule has 1 aliphatic heterocycles. The Morgan fingerprint density at radius 3 is 2.81 bits per heavy atom. The van der Waals surface area contributed by atoms with Crippen LogP contribution in [0, 0.1) is 0 Å². The van der Waals surface area contributed by atoms with E-state index in [4.69, 9.17) is 4.74 Å². The molecule has 4 rings (SSSR count). The summed E-state index contributed by atoms with van der Waals surface area (Å²) in [6.45, 7) is 0.791. The summed E-state index contributed by atoms with van der Waals surface area (Å²) in [7, 11) is 1.52. The molecule has 0 unspecified atom stereocenters. The third-order valence-electron chi connectivity index (χ3n) is 4.95. The monoisotopic (exact) mass is 366 g/mol. The minimum absolute atomic E-state index is 0.171. The van der Waals surface area contributed by atoms with Crippen LogP contribution in [0.2, 0.25) is 0 Å². The minimum Gasteiger partial charge on any atom is -0.497 e. The van der Waals surface area contributed by atoms with Gasteiger partial charge in [-0.25, -0.2) is 9.36 Å². The maximum absolute atomic E-state index is 12.6. The van der Waals surface area contributed by atoms with Gasteiger partial charge in [-0.15, -0.1) is 0 Å². The first-order chi connectivity index (χ1) is 13.1. The van der Waals surface area contributed by atoms with E-state index in [1.54, 1.807) is 24.3 Å². The molecule has 1 atom stereocenters. The molecule has 7 heteroatoms. The first-order valence-corrected chi connectivity index (χ1v) is 8.74. The molecule has 27 heavy (non-hydrogen) atoms. The van der Waals surface area contributed by atoms with E-state index < -0.39 is 11.2 Å². The van der Waals surface area contributed by atoms with Crippen molar-refractivity contribution in [1.82, 2.24) is 9.55 Å². The Balaban J connectivity index is 1.94. The Kier molecular flexibility index (Phi) is 4.29. The number of methoxy groups -OCH3 is 1. The number of aromatic hydroxyl groups is 1. The van der Waals surface area contributed by atoms with Crippen LogP contribution in [-0.4, -0.2) is 28.3 Å². The van der Waals surface area contributed by atoms with Gasteiger partial charge in [0, 0.05) is 18.1 Å². The zero-order valence-electron chi connectivity index (χ0n) is 14.8. The van der Waals surface area contributed by atoms with E-state index in [1.165, 1.54) is 7.11 Å². The standard InChI is InChI=1S/C20H19N3O4/c1-27-14-7-4-6-13(11-14)23-19(25)16(18(24)22-20(23)26)17-15-8-3-2-5-12(15)9-10-21-17/h2-8,11,17,21,25H,9-10H2,1H3,(H,22,24,26)/p+1/t17-/m0/s1. The van der Waals surface area contributed by atoms with Crippen LogP contribution in [0.5, 0.6) is 11.6 Å². The molecule has 2 aromatic carbocycles. The average Bonchev–Trinajstić information content (AvgIpc) is 2.68. The first kappa shape index (κ1) is 17.1. The quantitative estimate of drug-likeness (QED) is 0.626. The van der Waals surface area contributed by atoms with Gasteiger partial charge in [0.1, 0.15) is 17.4 Å². The number of nitrogens with two attached hydrogens (primary N) is 1. The first-order valence-electron chi connectivity index (χ1n) is 8.74. The van der Waals surface area contributed by atoms with E-state index in [0.29, 0.717) is 11.4 Å². The molecule has 0 saturated heterocycles. The topological polar surface area (TPSA) is 101 Å². The van der Waals surface area contributed by atoms with E-state index in [2.05, 4.69) is 4.98 Å². The van der Waals surface area contributed by atoms with Crippen molar-refractivity contribution >= 4 is 0 Å². The van der Waals surface area contributed by atoms with E-state index >= 15 is 0 Å². The van der Waals surface area contributed by atoms with Crippen molar-refractivity contribution in [3.05, 3.63) is 86.1 Å². The third kappa shape index (κ3) is 2.92. The van der Waals surface area contributed by atoms with Gasteiger partial charge in [-0.05, 0) is 17.7 Å². The number of hydrogen-bond acceptors (Lipinski definition) is 4. The van der Waals surface area contributed by atoms with E-state index in [1.807, 2.05) is 29.6 Å². The molecule has 0 aliphatic carbocycles. The highest BCUT2D eigenvalue weighted by Gasteiger charge is 2.31. The molecule has 7 nitrogen and oxygen atoms in total. The van der Waals surface area contributed by atoms with Crippen molar-refractivity contribution in [2.45, 2.75) is 12.5 Å². The summed E-state index contributed by atoms with van der Waals surface area (Å²) in [4.78, 5) is 27.4. The zero-order chi connectivity index (χ0) is 19.0. The SMILES string of the molecule is COc1cccc(-n2c(O)c([C@H]3[NH2+]CCc4ccccc43)c(=O)[nH]c2=O)c1. The number of aromatic nitrogens is 2. The highest BCUT2D eigenvalue weighted by Crippen LogP contribution is 2.28. The summed E-state index contributed by atoms with van der Waals surface area (Å²) in [5.41, 5.74) is 1.43. The number of H-pyrrole nitrogens is 1. The number of nitrogens with one attached hydrogen (secondary N) is 1. The van der Waals surface area contributed by atoms with Gasteiger partial charge in [-0.2, -0.15) is 0 Å². The van der Waals surface area contributed by atoms with Crippen LogP contribution >= 0.6 is 0 Å². The fourth-order valence-corrected chi connectivity index (χ4v) is 3.68. The number of fused-ring (bicyclic) bond motifs is 1. The van der Waals surface area contributed by atoms with Crippen LogP contribution in [0.1, 0.15) is 22.7 Å². The average molecular weight is 366 g/mol. The fourth-order valence-electron chi connectivity index (χ4n) is 3.68. The maximum Gasteiger partial charge on any atom is 0.335 e. The van der Waals surface area contributed by atoms with Crippen LogP contribution in [0.3, 0.4) is 0 Å². The second-order valence-electron chi connectivity index (χ2n) is 6.48. The third-order valence-corrected chi connectivity index (χ3v) is 4.95. The van der Waals surface area contributed by atoms with Crippen molar-refractivity contribution in [3.63, 3.8) is 0 Å². The summed E-state index contributed by atoms with van der Waals surface area (Å²) in [5, 5.41) is 12.9. The molecule has 1 aliphatic rings. The zero-order valence-corrected chi connectivity index (χ0v) is 14.8. The molecule has 0 bridgehead atoms. The lowest BCUT2D eigenvalue weighted by Crippen LogP contribution is -2.87. The lowest BCUT2D eigenvalue weighted by molar-refractivity contribution is -0.690. The number of rotatable bonds is 3. The van der Waals surface area contributed by atoms with Gasteiger partial charge in [0.2, 0.25) is 5.88 Å². The largest absolute Gasteiger partial charge is 0.497 e. The summed E-state index contributed by atoms with van der Waals surface area (Å²) < 4.78 is 6.30. The number of nitrogens with zero attached hydrogens (tertiary/aromatic N) is 1. The van der Waals surface area contributed by atoms with Crippen LogP contribution in [0.25, 0.3) is 5.69 Å². The van der Waals surface area contributed by atoms with Crippen LogP contribution in [-0.2, 0) is 6.42 Å². The van der Waals surface area contributed by atoms with Crippen molar-refractivity contribution in [2.75, 3.05) is 13.7 Å². The van der Waals surface area contributed by atoms with Crippen LogP contribution in [0.15, 0.2) is 58.1 Å². The summed E-state index contributed by atoms with van der Waals surface area (Å²) in [5.74, 6) is 0.191. The fraction of sp³-hybridized carbons (Fsp3) is 0.200. The summed E-state index contributed by atoms with van der Waals surface area (Å²) >= 11 is 0. The number of benzene rings is 2. The van der Waals surface area contributed by atoms with Gasteiger partial charge in [0.05, 0.1) is 19.3 Å².